The predicted octanol–water partition coefficient (Wildman–Crippen LogP) is 9.17. The van der Waals surface area contributed by atoms with E-state index in [9.17, 15) is 33.1 Å². The highest BCUT2D eigenvalue weighted by atomic mass is 35.5. The number of likely N-dealkylation sites (tertiary alicyclic amines) is 2. The van der Waals surface area contributed by atoms with Crippen molar-refractivity contribution < 1.29 is 27.9 Å². The van der Waals surface area contributed by atoms with Crippen LogP contribution in [0.2, 0.25) is 5.15 Å². The van der Waals surface area contributed by atoms with Crippen molar-refractivity contribution in [3.05, 3.63) is 145 Å². The van der Waals surface area contributed by atoms with Gasteiger partial charge in [0.2, 0.25) is 11.8 Å². The molecule has 4 aliphatic heterocycles. The van der Waals surface area contributed by atoms with E-state index in [1.807, 2.05) is 67.2 Å². The molecule has 10 heterocycles. The molecule has 4 fully saturated rings. The van der Waals surface area contributed by atoms with Gasteiger partial charge in [-0.15, -0.1) is 0 Å². The molecule has 0 spiro atoms. The van der Waals surface area contributed by atoms with Gasteiger partial charge in [-0.1, -0.05) is 58.5 Å². The van der Waals surface area contributed by atoms with E-state index >= 15 is 4.39 Å². The van der Waals surface area contributed by atoms with Gasteiger partial charge in [0.25, 0.3) is 0 Å². The lowest BCUT2D eigenvalue weighted by Gasteiger charge is -2.37. The Morgan fingerprint density at radius 1 is 0.608 bits per heavy atom. The smallest absolute Gasteiger partial charge is 0.355 e. The van der Waals surface area contributed by atoms with Crippen LogP contribution in [0.3, 0.4) is 0 Å². The van der Waals surface area contributed by atoms with Crippen LogP contribution in [-0.2, 0) is 9.59 Å². The Kier molecular flexibility index (Phi) is 14.9. The standard InChI is InChI=1S/C32H32F2N6O3.C26H28ClFN6O2/c1-17(2)26-28(18(3)8-12-35-26)40-30-21(16-23(34)27(36-30)25-22(33)6-5-7-24(25)41)29(37-32(40)43)38-13-10-20(11-14-38)39-15-9-19(4)31(39)42;1-14(2)20-21(15(3)5-9-29-20)34-24-18(13-19(28)22(27)30-24)23(31-26(34)36)32-10-7-17(8-11-32)33-12-6-16(4)25(33)35/h5-8,12,16-17,20,41H,4,9-11,13-15H2,1-3H3;5,9,13-14,17H,4,6-8,10-12H2,1-3H3. The van der Waals surface area contributed by atoms with Gasteiger partial charge in [-0.2, -0.15) is 9.97 Å². The largest absolute Gasteiger partial charge is 0.507 e. The van der Waals surface area contributed by atoms with Crippen molar-refractivity contribution in [2.75, 3.05) is 49.1 Å². The van der Waals surface area contributed by atoms with E-state index in [1.165, 1.54) is 33.4 Å². The maximum absolute atomic E-state index is 15.8. The Bertz CT molecular complexity index is 3750. The summed E-state index contributed by atoms with van der Waals surface area (Å²) in [6, 6.07) is 9.89. The quantitative estimate of drug-likeness (QED) is 0.107. The zero-order chi connectivity index (χ0) is 56.3. The van der Waals surface area contributed by atoms with Gasteiger partial charge in [0.1, 0.15) is 28.9 Å². The number of aromatic hydroxyl groups is 1. The third-order valence-corrected chi connectivity index (χ3v) is 15.7. The number of pyridine rings is 4. The maximum Gasteiger partial charge on any atom is 0.355 e. The summed E-state index contributed by atoms with van der Waals surface area (Å²) in [5, 5.41) is 10.8. The second-order valence-corrected chi connectivity index (χ2v) is 21.6. The SMILES string of the molecule is C=C1CCN(C2CCN(c3nc(=O)n(-c4c(C)ccnc4C(C)C)c4nc(-c5c(O)cccc5F)c(F)cc34)CC2)C1=O.C=C1CCN(C2CCN(c3nc(=O)n(-c4c(C)ccnc4C(C)C)c4nc(Cl)c(F)cc34)CC2)C1=O. The van der Waals surface area contributed by atoms with Crippen molar-refractivity contribution in [2.45, 2.75) is 104 Å². The van der Waals surface area contributed by atoms with Gasteiger partial charge in [-0.25, -0.2) is 41.9 Å². The Hall–Kier alpha value is -8.00. The third kappa shape index (κ3) is 9.99. The molecule has 0 atom stereocenters. The number of anilines is 2. The monoisotopic (exact) mass is 1100 g/mol. The Morgan fingerprint density at radius 2 is 1.05 bits per heavy atom. The van der Waals surface area contributed by atoms with Crippen molar-refractivity contribution in [1.82, 2.24) is 48.8 Å². The van der Waals surface area contributed by atoms with Crippen LogP contribution in [0.25, 0.3) is 44.7 Å². The number of phenolic OH excluding ortho intramolecular Hbond substituents is 1. The summed E-state index contributed by atoms with van der Waals surface area (Å²) in [4.78, 5) is 86.8. The number of nitrogens with zero attached hydrogens (tertiary/aromatic N) is 12. The van der Waals surface area contributed by atoms with E-state index in [1.54, 1.807) is 18.5 Å². The van der Waals surface area contributed by atoms with Crippen LogP contribution in [0.4, 0.5) is 24.8 Å². The molecule has 1 N–H and O–H groups in total. The van der Waals surface area contributed by atoms with Crippen LogP contribution < -0.4 is 21.2 Å². The van der Waals surface area contributed by atoms with Crippen molar-refractivity contribution in [3.63, 3.8) is 0 Å². The molecule has 79 heavy (non-hydrogen) atoms. The molecule has 4 saturated heterocycles. The fourth-order valence-electron chi connectivity index (χ4n) is 11.4. The fourth-order valence-corrected chi connectivity index (χ4v) is 11.5. The zero-order valence-corrected chi connectivity index (χ0v) is 45.6. The molecule has 0 saturated carbocycles. The fraction of sp³-hybridized carbons (Fsp3) is 0.379. The molecule has 4 aliphatic rings. The molecule has 0 aliphatic carbocycles. The van der Waals surface area contributed by atoms with Crippen LogP contribution in [-0.4, -0.2) is 117 Å². The number of hydrogen-bond acceptors (Lipinski definition) is 13. The van der Waals surface area contributed by atoms with Crippen LogP contribution in [0.5, 0.6) is 5.75 Å². The van der Waals surface area contributed by atoms with Crippen LogP contribution >= 0.6 is 11.6 Å². The molecule has 1 aromatic carbocycles. The van der Waals surface area contributed by atoms with Gasteiger partial charge in [0.05, 0.1) is 39.1 Å². The number of aromatic nitrogens is 8. The van der Waals surface area contributed by atoms with Crippen LogP contribution in [0.15, 0.2) is 88.8 Å². The highest BCUT2D eigenvalue weighted by Gasteiger charge is 2.36. The second-order valence-electron chi connectivity index (χ2n) is 21.2. The molecule has 0 bridgehead atoms. The molecule has 17 nitrogen and oxygen atoms in total. The van der Waals surface area contributed by atoms with Crippen molar-refractivity contribution >= 4 is 57.1 Å². The molecule has 410 valence electrons. The molecule has 0 unspecified atom stereocenters. The predicted molar refractivity (Wildman–Crippen MR) is 297 cm³/mol. The summed E-state index contributed by atoms with van der Waals surface area (Å²) in [7, 11) is 0. The van der Waals surface area contributed by atoms with Gasteiger partial charge in [0, 0.05) is 74.9 Å². The molecule has 11 rings (SSSR count). The highest BCUT2D eigenvalue weighted by molar-refractivity contribution is 6.30. The number of carbonyl (C=O) groups excluding carboxylic acids is 2. The van der Waals surface area contributed by atoms with E-state index in [4.69, 9.17) is 11.6 Å². The first kappa shape index (κ1) is 54.4. The van der Waals surface area contributed by atoms with E-state index in [-0.39, 0.29) is 63.4 Å². The molecule has 0 radical (unpaired) electrons. The first-order valence-electron chi connectivity index (χ1n) is 26.5. The minimum atomic E-state index is -0.871. The maximum atomic E-state index is 15.8. The summed E-state index contributed by atoms with van der Waals surface area (Å²) in [6.45, 7) is 22.7. The van der Waals surface area contributed by atoms with Gasteiger partial charge in [-0.3, -0.25) is 19.6 Å². The number of piperidine rings is 2. The number of benzene rings is 1. The number of rotatable bonds is 9. The van der Waals surface area contributed by atoms with E-state index in [0.29, 0.717) is 123 Å². The lowest BCUT2D eigenvalue weighted by molar-refractivity contribution is -0.127. The van der Waals surface area contributed by atoms with Gasteiger partial charge in [-0.05, 0) is 112 Å². The second kappa shape index (κ2) is 21.7. The zero-order valence-electron chi connectivity index (χ0n) is 44.9. The van der Waals surface area contributed by atoms with E-state index < -0.39 is 45.8 Å². The first-order valence-corrected chi connectivity index (χ1v) is 26.9. The van der Waals surface area contributed by atoms with E-state index in [0.717, 1.165) is 17.2 Å². The number of carbonyl (C=O) groups is 2. The topological polar surface area (TPSA) is 189 Å². The van der Waals surface area contributed by atoms with Crippen LogP contribution in [0.1, 0.15) is 101 Å². The Balaban J connectivity index is 0.000000181. The summed E-state index contributed by atoms with van der Waals surface area (Å²) < 4.78 is 48.1. The summed E-state index contributed by atoms with van der Waals surface area (Å²) in [5.41, 5.74) is 3.53. The first-order chi connectivity index (χ1) is 37.7. The van der Waals surface area contributed by atoms with Gasteiger partial charge in [0.15, 0.2) is 28.1 Å². The number of aryl methyl sites for hydroxylation is 2. The third-order valence-electron chi connectivity index (χ3n) is 15.5. The highest BCUT2D eigenvalue weighted by Crippen LogP contribution is 2.38. The van der Waals surface area contributed by atoms with Crippen molar-refractivity contribution in [2.24, 2.45) is 0 Å². The number of phenols is 1. The number of halogens is 4. The van der Waals surface area contributed by atoms with Gasteiger partial charge < -0.3 is 24.7 Å². The van der Waals surface area contributed by atoms with Crippen molar-refractivity contribution in [3.8, 4) is 28.4 Å². The Labute approximate surface area is 458 Å². The number of amides is 2. The Morgan fingerprint density at radius 3 is 1.47 bits per heavy atom. The normalized spacial score (nSPS) is 16.7. The molecule has 6 aromatic heterocycles. The number of hydrogen-bond donors (Lipinski definition) is 1. The lowest BCUT2D eigenvalue weighted by atomic mass is 10.0. The summed E-state index contributed by atoms with van der Waals surface area (Å²) >= 11 is 6.10. The molecular weight excluding hydrogens is 1040 g/mol. The minimum absolute atomic E-state index is 0.0207. The van der Waals surface area contributed by atoms with Gasteiger partial charge >= 0.3 is 11.4 Å². The molecule has 2 amide bonds. The lowest BCUT2D eigenvalue weighted by Crippen LogP contribution is -2.46. The summed E-state index contributed by atoms with van der Waals surface area (Å²) in [5.74, 6) is -2.29. The average molecular weight is 1100 g/mol. The summed E-state index contributed by atoms with van der Waals surface area (Å²) in [6.07, 6.45) is 7.42. The van der Waals surface area contributed by atoms with E-state index in [2.05, 4.69) is 43.1 Å². The molecular formula is C58H60ClF3N12O5. The molecule has 7 aromatic rings. The van der Waals surface area contributed by atoms with Crippen LogP contribution in [0, 0.1) is 31.3 Å². The minimum Gasteiger partial charge on any atom is -0.507 e. The van der Waals surface area contributed by atoms with Crippen molar-refractivity contribution in [1.29, 1.82) is 0 Å². The number of fused-ring (bicyclic) bond motifs is 2. The average Bonchev–Trinajstić information content (AvgIpc) is 4.16. The molecule has 21 heteroatoms.